The van der Waals surface area contributed by atoms with Gasteiger partial charge in [0.2, 0.25) is 0 Å². The molecule has 138 valence electrons. The van der Waals surface area contributed by atoms with Crippen LogP contribution in [0.25, 0.3) is 0 Å². The first-order valence-electron chi connectivity index (χ1n) is 9.02. The van der Waals surface area contributed by atoms with Gasteiger partial charge >= 0.3 is 8.80 Å². The highest BCUT2D eigenvalue weighted by Gasteiger charge is 2.41. The van der Waals surface area contributed by atoms with Gasteiger partial charge in [-0.15, -0.1) is 0 Å². The summed E-state index contributed by atoms with van der Waals surface area (Å²) in [4.78, 5) is 0. The Kier molecular flexibility index (Phi) is 9.74. The van der Waals surface area contributed by atoms with Gasteiger partial charge in [-0.05, 0) is 64.7 Å². The van der Waals surface area contributed by atoms with Crippen LogP contribution in [0.2, 0.25) is 6.04 Å². The van der Waals surface area contributed by atoms with Crippen LogP contribution in [0.4, 0.5) is 4.39 Å². The van der Waals surface area contributed by atoms with E-state index in [0.29, 0.717) is 0 Å². The summed E-state index contributed by atoms with van der Waals surface area (Å²) in [7, 11) is -0.868. The van der Waals surface area contributed by atoms with Gasteiger partial charge in [0, 0.05) is 25.4 Å². The van der Waals surface area contributed by atoms with E-state index in [0.717, 1.165) is 38.1 Å². The number of hydrogen-bond donors (Lipinski definition) is 0. The molecule has 0 N–H and O–H groups in total. The normalized spacial score (nSPS) is 12.3. The molecule has 0 bridgehead atoms. The van der Waals surface area contributed by atoms with Crippen molar-refractivity contribution >= 4 is 8.80 Å². The Bertz CT molecular complexity index is 438. The molecule has 0 aliphatic carbocycles. The van der Waals surface area contributed by atoms with Crippen LogP contribution >= 0.6 is 0 Å². The molecule has 0 unspecified atom stereocenters. The summed E-state index contributed by atoms with van der Waals surface area (Å²) in [5, 5.41) is 0. The second kappa shape index (κ2) is 11.0. The lowest BCUT2D eigenvalue weighted by molar-refractivity contribution is 0.0323. The minimum absolute atomic E-state index is 0.105. The SMILES string of the molecule is CO[Si](CCCCCCc1ccc(F)cc1)(OC(C)C)OC(C)C. The molecule has 0 atom stereocenters. The lowest BCUT2D eigenvalue weighted by atomic mass is 10.1. The summed E-state index contributed by atoms with van der Waals surface area (Å²) < 4.78 is 30.7. The predicted octanol–water partition coefficient (Wildman–Crippen LogP) is 5.36. The Balaban J connectivity index is 2.32. The average molecular weight is 357 g/mol. The Labute approximate surface area is 147 Å². The van der Waals surface area contributed by atoms with Crippen LogP contribution in [-0.4, -0.2) is 28.1 Å². The second-order valence-corrected chi connectivity index (χ2v) is 9.51. The first-order chi connectivity index (χ1) is 11.4. The Morgan fingerprint density at radius 2 is 1.42 bits per heavy atom. The fraction of sp³-hybridized carbons (Fsp3) is 0.684. The summed E-state index contributed by atoms with van der Waals surface area (Å²) in [5.74, 6) is -0.171. The van der Waals surface area contributed by atoms with E-state index < -0.39 is 8.80 Å². The van der Waals surface area contributed by atoms with Crippen molar-refractivity contribution in [1.29, 1.82) is 0 Å². The molecule has 0 amide bonds. The zero-order chi connectivity index (χ0) is 18.0. The standard InChI is InChI=1S/C19H33FO3Si/c1-16(2)22-24(21-5,23-17(3)4)15-9-7-6-8-10-18-11-13-19(20)14-12-18/h11-14,16-17H,6-10,15H2,1-5H3. The van der Waals surface area contributed by atoms with Gasteiger partial charge in [0.1, 0.15) is 5.82 Å². The summed E-state index contributed by atoms with van der Waals surface area (Å²) in [6.45, 7) is 8.08. The third-order valence-electron chi connectivity index (χ3n) is 3.75. The first-order valence-corrected chi connectivity index (χ1v) is 11.0. The van der Waals surface area contributed by atoms with Crippen LogP contribution in [0, 0.1) is 5.82 Å². The van der Waals surface area contributed by atoms with E-state index in [1.807, 2.05) is 39.8 Å². The average Bonchev–Trinajstić information content (AvgIpc) is 2.51. The fourth-order valence-corrected chi connectivity index (χ4v) is 5.54. The van der Waals surface area contributed by atoms with Gasteiger partial charge in [-0.3, -0.25) is 0 Å². The van der Waals surface area contributed by atoms with Crippen LogP contribution in [0.3, 0.4) is 0 Å². The molecule has 5 heteroatoms. The molecule has 3 nitrogen and oxygen atoms in total. The molecule has 0 spiro atoms. The minimum atomic E-state index is -2.57. The predicted molar refractivity (Wildman–Crippen MR) is 98.6 cm³/mol. The van der Waals surface area contributed by atoms with Crippen molar-refractivity contribution in [2.45, 2.75) is 78.1 Å². The van der Waals surface area contributed by atoms with Gasteiger partial charge in [-0.1, -0.05) is 25.0 Å². The van der Waals surface area contributed by atoms with Gasteiger partial charge in [0.25, 0.3) is 0 Å². The van der Waals surface area contributed by atoms with Crippen molar-refractivity contribution in [1.82, 2.24) is 0 Å². The molecule has 1 aromatic rings. The van der Waals surface area contributed by atoms with E-state index in [9.17, 15) is 4.39 Å². The quantitative estimate of drug-likeness (QED) is 0.372. The number of halogens is 1. The van der Waals surface area contributed by atoms with E-state index in [2.05, 4.69) is 0 Å². The number of unbranched alkanes of at least 4 members (excludes halogenated alkanes) is 3. The summed E-state index contributed by atoms with van der Waals surface area (Å²) in [6, 6.07) is 7.65. The molecule has 0 fully saturated rings. The molecule has 0 aliphatic rings. The maximum absolute atomic E-state index is 12.9. The largest absolute Gasteiger partial charge is 0.501 e. The van der Waals surface area contributed by atoms with E-state index in [4.69, 9.17) is 13.3 Å². The van der Waals surface area contributed by atoms with E-state index in [1.165, 1.54) is 17.7 Å². The molecular formula is C19H33FO3Si. The van der Waals surface area contributed by atoms with Crippen LogP contribution in [-0.2, 0) is 19.7 Å². The maximum Gasteiger partial charge on any atom is 0.501 e. The van der Waals surface area contributed by atoms with Crippen molar-refractivity contribution < 1.29 is 17.7 Å². The second-order valence-electron chi connectivity index (χ2n) is 6.76. The zero-order valence-electron chi connectivity index (χ0n) is 15.8. The number of aryl methyl sites for hydroxylation is 1. The van der Waals surface area contributed by atoms with Crippen molar-refractivity contribution in [3.05, 3.63) is 35.6 Å². The lowest BCUT2D eigenvalue weighted by Gasteiger charge is -2.31. The van der Waals surface area contributed by atoms with Gasteiger partial charge in [-0.2, -0.15) is 0 Å². The van der Waals surface area contributed by atoms with Gasteiger partial charge in [0.05, 0.1) is 0 Å². The molecule has 24 heavy (non-hydrogen) atoms. The lowest BCUT2D eigenvalue weighted by Crippen LogP contribution is -2.48. The number of benzene rings is 1. The Morgan fingerprint density at radius 1 is 0.875 bits per heavy atom. The number of hydrogen-bond acceptors (Lipinski definition) is 3. The van der Waals surface area contributed by atoms with E-state index in [-0.39, 0.29) is 18.0 Å². The zero-order valence-corrected chi connectivity index (χ0v) is 16.8. The molecule has 0 aliphatic heterocycles. The number of rotatable bonds is 12. The summed E-state index contributed by atoms with van der Waals surface area (Å²) >= 11 is 0. The Hall–Kier alpha value is -0.753. The van der Waals surface area contributed by atoms with Crippen molar-refractivity contribution in [3.8, 4) is 0 Å². The molecule has 0 saturated heterocycles. The van der Waals surface area contributed by atoms with Crippen molar-refractivity contribution in [2.75, 3.05) is 7.11 Å². The smallest absolute Gasteiger partial charge is 0.377 e. The topological polar surface area (TPSA) is 27.7 Å². The summed E-state index contributed by atoms with van der Waals surface area (Å²) in [6.07, 6.45) is 5.64. The van der Waals surface area contributed by atoms with E-state index >= 15 is 0 Å². The van der Waals surface area contributed by atoms with Gasteiger partial charge in [-0.25, -0.2) is 4.39 Å². The molecule has 0 aromatic heterocycles. The third kappa shape index (κ3) is 8.38. The highest BCUT2D eigenvalue weighted by molar-refractivity contribution is 6.60. The highest BCUT2D eigenvalue weighted by atomic mass is 28.4. The van der Waals surface area contributed by atoms with Gasteiger partial charge in [0.15, 0.2) is 0 Å². The molecule has 1 aromatic carbocycles. The van der Waals surface area contributed by atoms with Crippen LogP contribution in [0.5, 0.6) is 0 Å². The van der Waals surface area contributed by atoms with Gasteiger partial charge < -0.3 is 13.3 Å². The van der Waals surface area contributed by atoms with Crippen molar-refractivity contribution in [3.63, 3.8) is 0 Å². The van der Waals surface area contributed by atoms with Crippen LogP contribution in [0.1, 0.15) is 58.9 Å². The molecular weight excluding hydrogens is 323 g/mol. The maximum atomic E-state index is 12.9. The van der Waals surface area contributed by atoms with E-state index in [1.54, 1.807) is 7.11 Å². The first kappa shape index (κ1) is 21.3. The summed E-state index contributed by atoms with van der Waals surface area (Å²) in [5.41, 5.74) is 1.20. The molecule has 0 saturated carbocycles. The third-order valence-corrected chi connectivity index (χ3v) is 7.00. The Morgan fingerprint density at radius 3 is 1.92 bits per heavy atom. The molecule has 1 rings (SSSR count). The fourth-order valence-electron chi connectivity index (χ4n) is 2.74. The monoisotopic (exact) mass is 356 g/mol. The van der Waals surface area contributed by atoms with Crippen LogP contribution in [0.15, 0.2) is 24.3 Å². The molecule has 0 heterocycles. The van der Waals surface area contributed by atoms with Crippen molar-refractivity contribution in [2.24, 2.45) is 0 Å². The van der Waals surface area contributed by atoms with Crippen LogP contribution < -0.4 is 0 Å². The highest BCUT2D eigenvalue weighted by Crippen LogP contribution is 2.23. The minimum Gasteiger partial charge on any atom is -0.377 e. The molecule has 0 radical (unpaired) electrons.